The van der Waals surface area contributed by atoms with Gasteiger partial charge in [-0.05, 0) is 30.5 Å². The quantitative estimate of drug-likeness (QED) is 0.811. The largest absolute Gasteiger partial charge is 0.351 e. The SMILES string of the molecule is CC(CCN)c1ccccc1N(C)C(N)=O. The number of nitrogens with two attached hydrogens (primary N) is 2. The number of nitrogens with zero attached hydrogens (tertiary/aromatic N) is 1. The van der Waals surface area contributed by atoms with E-state index in [1.54, 1.807) is 7.05 Å². The van der Waals surface area contributed by atoms with Crippen molar-refractivity contribution in [2.45, 2.75) is 19.3 Å². The molecule has 0 saturated carbocycles. The van der Waals surface area contributed by atoms with E-state index >= 15 is 0 Å². The van der Waals surface area contributed by atoms with Gasteiger partial charge in [0.1, 0.15) is 0 Å². The zero-order valence-corrected chi connectivity index (χ0v) is 9.81. The van der Waals surface area contributed by atoms with Crippen LogP contribution in [0.2, 0.25) is 0 Å². The number of para-hydroxylation sites is 1. The van der Waals surface area contributed by atoms with E-state index in [2.05, 4.69) is 6.92 Å². The third-order valence-electron chi connectivity index (χ3n) is 2.76. The molecular formula is C12H19N3O. The molecule has 0 aliphatic carbocycles. The first-order valence-electron chi connectivity index (χ1n) is 5.40. The molecule has 0 fully saturated rings. The summed E-state index contributed by atoms with van der Waals surface area (Å²) >= 11 is 0. The molecule has 16 heavy (non-hydrogen) atoms. The van der Waals surface area contributed by atoms with Gasteiger partial charge in [-0.2, -0.15) is 0 Å². The molecule has 1 rings (SSSR count). The molecule has 0 aliphatic heterocycles. The van der Waals surface area contributed by atoms with Gasteiger partial charge < -0.3 is 11.5 Å². The first-order valence-corrected chi connectivity index (χ1v) is 5.40. The van der Waals surface area contributed by atoms with E-state index in [1.807, 2.05) is 24.3 Å². The average Bonchev–Trinajstić information content (AvgIpc) is 2.28. The number of benzene rings is 1. The van der Waals surface area contributed by atoms with E-state index in [0.717, 1.165) is 17.7 Å². The molecule has 1 unspecified atom stereocenters. The lowest BCUT2D eigenvalue weighted by Gasteiger charge is -2.21. The number of primary amides is 1. The number of carbonyl (C=O) groups is 1. The van der Waals surface area contributed by atoms with E-state index in [0.29, 0.717) is 12.5 Å². The molecule has 0 bridgehead atoms. The summed E-state index contributed by atoms with van der Waals surface area (Å²) in [7, 11) is 1.68. The van der Waals surface area contributed by atoms with Crippen LogP contribution in [0.4, 0.5) is 10.5 Å². The van der Waals surface area contributed by atoms with Gasteiger partial charge in [0.25, 0.3) is 0 Å². The Morgan fingerprint density at radius 2 is 2.06 bits per heavy atom. The molecule has 2 amide bonds. The van der Waals surface area contributed by atoms with E-state index in [-0.39, 0.29) is 0 Å². The summed E-state index contributed by atoms with van der Waals surface area (Å²) < 4.78 is 0. The number of hydrogen-bond acceptors (Lipinski definition) is 2. The van der Waals surface area contributed by atoms with Crippen molar-refractivity contribution in [1.29, 1.82) is 0 Å². The predicted molar refractivity (Wildman–Crippen MR) is 66.5 cm³/mol. The first kappa shape index (κ1) is 12.5. The van der Waals surface area contributed by atoms with Gasteiger partial charge in [0.05, 0.1) is 0 Å². The number of urea groups is 1. The minimum absolute atomic E-state index is 0.322. The van der Waals surface area contributed by atoms with Crippen LogP contribution in [0.5, 0.6) is 0 Å². The molecule has 4 nitrogen and oxygen atoms in total. The summed E-state index contributed by atoms with van der Waals surface area (Å²) in [5.41, 5.74) is 12.8. The smallest absolute Gasteiger partial charge is 0.319 e. The van der Waals surface area contributed by atoms with Crippen molar-refractivity contribution >= 4 is 11.7 Å². The fourth-order valence-corrected chi connectivity index (χ4v) is 1.73. The highest BCUT2D eigenvalue weighted by Gasteiger charge is 2.14. The van der Waals surface area contributed by atoms with Crippen LogP contribution in [-0.4, -0.2) is 19.6 Å². The topological polar surface area (TPSA) is 72.3 Å². The third kappa shape index (κ3) is 2.73. The third-order valence-corrected chi connectivity index (χ3v) is 2.76. The highest BCUT2D eigenvalue weighted by molar-refractivity contribution is 5.91. The molecule has 1 aromatic carbocycles. The molecule has 1 atom stereocenters. The van der Waals surface area contributed by atoms with Crippen molar-refractivity contribution in [3.63, 3.8) is 0 Å². The Balaban J connectivity index is 3.04. The second-order valence-electron chi connectivity index (χ2n) is 3.93. The van der Waals surface area contributed by atoms with Crippen molar-refractivity contribution in [1.82, 2.24) is 0 Å². The highest BCUT2D eigenvalue weighted by Crippen LogP contribution is 2.28. The first-order chi connectivity index (χ1) is 7.57. The second-order valence-corrected chi connectivity index (χ2v) is 3.93. The van der Waals surface area contributed by atoms with Crippen molar-refractivity contribution < 1.29 is 4.79 Å². The maximum atomic E-state index is 11.2. The lowest BCUT2D eigenvalue weighted by molar-refractivity contribution is 0.255. The summed E-state index contributed by atoms with van der Waals surface area (Å²) in [5.74, 6) is 0.322. The second kappa shape index (κ2) is 5.51. The molecule has 0 radical (unpaired) electrons. The van der Waals surface area contributed by atoms with Crippen molar-refractivity contribution in [2.75, 3.05) is 18.5 Å². The maximum Gasteiger partial charge on any atom is 0.319 e. The Morgan fingerprint density at radius 1 is 1.44 bits per heavy atom. The summed E-state index contributed by atoms with van der Waals surface area (Å²) in [4.78, 5) is 12.6. The van der Waals surface area contributed by atoms with Crippen LogP contribution < -0.4 is 16.4 Å². The van der Waals surface area contributed by atoms with E-state index in [9.17, 15) is 4.79 Å². The fraction of sp³-hybridized carbons (Fsp3) is 0.417. The normalized spacial score (nSPS) is 12.2. The van der Waals surface area contributed by atoms with Gasteiger partial charge in [-0.1, -0.05) is 25.1 Å². The van der Waals surface area contributed by atoms with Gasteiger partial charge in [-0.3, -0.25) is 4.90 Å². The van der Waals surface area contributed by atoms with Gasteiger partial charge >= 0.3 is 6.03 Å². The molecule has 4 N–H and O–H groups in total. The van der Waals surface area contributed by atoms with Gasteiger partial charge in [-0.15, -0.1) is 0 Å². The van der Waals surface area contributed by atoms with Gasteiger partial charge in [-0.25, -0.2) is 4.79 Å². The van der Waals surface area contributed by atoms with Gasteiger partial charge in [0.15, 0.2) is 0 Å². The fourth-order valence-electron chi connectivity index (χ4n) is 1.73. The Kier molecular flexibility index (Phi) is 4.31. The van der Waals surface area contributed by atoms with Gasteiger partial charge in [0, 0.05) is 12.7 Å². The number of hydrogen-bond donors (Lipinski definition) is 2. The van der Waals surface area contributed by atoms with Crippen molar-refractivity contribution in [3.05, 3.63) is 29.8 Å². The Bertz CT molecular complexity index is 365. The van der Waals surface area contributed by atoms with Crippen LogP contribution in [0.25, 0.3) is 0 Å². The number of anilines is 1. The lowest BCUT2D eigenvalue weighted by atomic mass is 9.96. The summed E-state index contributed by atoms with van der Waals surface area (Å²) in [6.07, 6.45) is 0.892. The highest BCUT2D eigenvalue weighted by atomic mass is 16.2. The zero-order chi connectivity index (χ0) is 12.1. The van der Waals surface area contributed by atoms with Crippen LogP contribution >= 0.6 is 0 Å². The minimum Gasteiger partial charge on any atom is -0.351 e. The molecule has 0 aliphatic rings. The molecule has 0 aromatic heterocycles. The molecule has 0 saturated heterocycles. The van der Waals surface area contributed by atoms with E-state index in [1.165, 1.54) is 4.90 Å². The Morgan fingerprint density at radius 3 is 2.62 bits per heavy atom. The average molecular weight is 221 g/mol. The standard InChI is InChI=1S/C12H19N3O/c1-9(7-8-13)10-5-3-4-6-11(10)15(2)12(14)16/h3-6,9H,7-8,13H2,1-2H3,(H2,14,16). The summed E-state index contributed by atoms with van der Waals surface area (Å²) in [5, 5.41) is 0. The number of amides is 2. The van der Waals surface area contributed by atoms with Crippen LogP contribution in [0.1, 0.15) is 24.8 Å². The maximum absolute atomic E-state index is 11.2. The molecule has 88 valence electrons. The van der Waals surface area contributed by atoms with Gasteiger partial charge in [0.2, 0.25) is 0 Å². The summed E-state index contributed by atoms with van der Waals surface area (Å²) in [6, 6.07) is 7.31. The minimum atomic E-state index is -0.451. The molecule has 0 spiro atoms. The van der Waals surface area contributed by atoms with Crippen LogP contribution in [0, 0.1) is 0 Å². The number of carbonyl (C=O) groups excluding carboxylic acids is 1. The zero-order valence-electron chi connectivity index (χ0n) is 9.81. The van der Waals surface area contributed by atoms with Crippen LogP contribution in [-0.2, 0) is 0 Å². The van der Waals surface area contributed by atoms with Crippen LogP contribution in [0.15, 0.2) is 24.3 Å². The molecule has 1 aromatic rings. The van der Waals surface area contributed by atoms with E-state index < -0.39 is 6.03 Å². The summed E-state index contributed by atoms with van der Waals surface area (Å²) in [6.45, 7) is 2.73. The lowest BCUT2D eigenvalue weighted by Crippen LogP contribution is -2.32. The van der Waals surface area contributed by atoms with Crippen LogP contribution in [0.3, 0.4) is 0 Å². The number of rotatable bonds is 4. The Labute approximate surface area is 96.2 Å². The predicted octanol–water partition coefficient (Wildman–Crippen LogP) is 1.65. The molecular weight excluding hydrogens is 202 g/mol. The van der Waals surface area contributed by atoms with E-state index in [4.69, 9.17) is 11.5 Å². The van der Waals surface area contributed by atoms with Crippen molar-refractivity contribution in [3.8, 4) is 0 Å². The molecule has 4 heteroatoms. The monoisotopic (exact) mass is 221 g/mol. The van der Waals surface area contributed by atoms with Crippen molar-refractivity contribution in [2.24, 2.45) is 11.5 Å². The molecule has 0 heterocycles. The Hall–Kier alpha value is -1.55.